The van der Waals surface area contributed by atoms with E-state index >= 15 is 0 Å². The first-order valence-corrected chi connectivity index (χ1v) is 5.58. The number of hydrogen-bond donors (Lipinski definition) is 1. The Morgan fingerprint density at radius 3 is 2.35 bits per heavy atom. The first-order chi connectivity index (χ1) is 8.00. The van der Waals surface area contributed by atoms with Crippen molar-refractivity contribution in [2.75, 3.05) is 7.05 Å². The van der Waals surface area contributed by atoms with Crippen LogP contribution in [0.2, 0.25) is 0 Å². The van der Waals surface area contributed by atoms with Crippen molar-refractivity contribution in [3.63, 3.8) is 0 Å². The van der Waals surface area contributed by atoms with E-state index in [1.807, 2.05) is 7.05 Å². The summed E-state index contributed by atoms with van der Waals surface area (Å²) in [6.07, 6.45) is -1.12. The van der Waals surface area contributed by atoms with Crippen molar-refractivity contribution in [3.05, 3.63) is 11.7 Å². The molecule has 4 nitrogen and oxygen atoms in total. The molecule has 0 saturated heterocycles. The van der Waals surface area contributed by atoms with Gasteiger partial charge in [0.15, 0.2) is 0 Å². The topological polar surface area (TPSA) is 51.0 Å². The fraction of sp³-hybridized carbons (Fsp3) is 0.800. The van der Waals surface area contributed by atoms with Gasteiger partial charge in [-0.15, -0.1) is 0 Å². The van der Waals surface area contributed by atoms with Crippen molar-refractivity contribution in [2.45, 2.75) is 43.8 Å². The van der Waals surface area contributed by atoms with E-state index in [-0.39, 0.29) is 11.8 Å². The number of hydrogen-bond acceptors (Lipinski definition) is 4. The van der Waals surface area contributed by atoms with E-state index in [9.17, 15) is 13.2 Å². The Bertz CT molecular complexity index is 369. The third kappa shape index (κ3) is 2.77. The molecule has 1 aromatic heterocycles. The van der Waals surface area contributed by atoms with E-state index in [1.54, 1.807) is 0 Å². The van der Waals surface area contributed by atoms with Gasteiger partial charge in [-0.2, -0.15) is 18.2 Å². The van der Waals surface area contributed by atoms with E-state index in [0.717, 1.165) is 25.7 Å². The van der Waals surface area contributed by atoms with Crippen molar-refractivity contribution in [3.8, 4) is 0 Å². The average Bonchev–Trinajstić information content (AvgIpc) is 2.78. The molecular weight excluding hydrogens is 235 g/mol. The average molecular weight is 249 g/mol. The van der Waals surface area contributed by atoms with Crippen LogP contribution in [0.3, 0.4) is 0 Å². The lowest BCUT2D eigenvalue weighted by molar-refractivity contribution is -0.146. The Labute approximate surface area is 96.6 Å². The largest absolute Gasteiger partial charge is 0.455 e. The summed E-state index contributed by atoms with van der Waals surface area (Å²) in [6, 6.07) is 0.441. The van der Waals surface area contributed by atoms with Crippen LogP contribution in [-0.2, 0) is 6.18 Å². The van der Waals surface area contributed by atoms with Crippen LogP contribution in [-0.4, -0.2) is 23.2 Å². The minimum Gasteiger partial charge on any atom is -0.339 e. The van der Waals surface area contributed by atoms with Crippen LogP contribution in [0.5, 0.6) is 0 Å². The summed E-state index contributed by atoms with van der Waals surface area (Å²) < 4.78 is 41.6. The van der Waals surface area contributed by atoms with Crippen LogP contribution in [0, 0.1) is 0 Å². The molecule has 0 atom stereocenters. The summed E-state index contributed by atoms with van der Waals surface area (Å²) in [5.41, 5.74) is 0. The van der Waals surface area contributed by atoms with Gasteiger partial charge in [-0.25, -0.2) is 0 Å². The van der Waals surface area contributed by atoms with Gasteiger partial charge in [0.1, 0.15) is 0 Å². The number of aromatic nitrogens is 2. The molecule has 7 heteroatoms. The Hall–Kier alpha value is -1.11. The highest BCUT2D eigenvalue weighted by Crippen LogP contribution is 2.34. The lowest BCUT2D eigenvalue weighted by Crippen LogP contribution is -2.29. The molecule has 0 amide bonds. The van der Waals surface area contributed by atoms with Gasteiger partial charge in [0.2, 0.25) is 5.89 Å². The number of rotatable bonds is 2. The second-order valence-corrected chi connectivity index (χ2v) is 4.29. The van der Waals surface area contributed by atoms with E-state index in [2.05, 4.69) is 15.5 Å². The fourth-order valence-electron chi connectivity index (χ4n) is 2.15. The van der Waals surface area contributed by atoms with Crippen molar-refractivity contribution >= 4 is 0 Å². The molecule has 1 aliphatic rings. The van der Waals surface area contributed by atoms with Gasteiger partial charge in [0.05, 0.1) is 0 Å². The molecule has 1 saturated carbocycles. The Kier molecular flexibility index (Phi) is 3.37. The molecule has 1 fully saturated rings. The first kappa shape index (κ1) is 12.3. The van der Waals surface area contributed by atoms with Gasteiger partial charge in [-0.05, 0) is 32.7 Å². The number of nitrogens with one attached hydrogen (secondary N) is 1. The Morgan fingerprint density at radius 2 is 1.88 bits per heavy atom. The first-order valence-electron chi connectivity index (χ1n) is 5.58. The van der Waals surface area contributed by atoms with E-state index in [1.165, 1.54) is 0 Å². The monoisotopic (exact) mass is 249 g/mol. The van der Waals surface area contributed by atoms with Crippen LogP contribution in [0.4, 0.5) is 13.2 Å². The molecule has 1 N–H and O–H groups in total. The minimum atomic E-state index is -4.52. The molecule has 0 bridgehead atoms. The van der Waals surface area contributed by atoms with Crippen molar-refractivity contribution in [1.29, 1.82) is 0 Å². The predicted octanol–water partition coefficient (Wildman–Crippen LogP) is 2.33. The van der Waals surface area contributed by atoms with Gasteiger partial charge >= 0.3 is 6.18 Å². The third-order valence-electron chi connectivity index (χ3n) is 3.18. The Morgan fingerprint density at radius 1 is 1.24 bits per heavy atom. The van der Waals surface area contributed by atoms with Crippen LogP contribution in [0.15, 0.2) is 4.52 Å². The molecule has 1 aromatic rings. The second-order valence-electron chi connectivity index (χ2n) is 4.29. The lowest BCUT2D eigenvalue weighted by Gasteiger charge is -2.25. The summed E-state index contributed by atoms with van der Waals surface area (Å²) in [4.78, 5) is 3.43. The van der Waals surface area contributed by atoms with E-state index < -0.39 is 12.0 Å². The quantitative estimate of drug-likeness (QED) is 0.874. The van der Waals surface area contributed by atoms with Crippen LogP contribution in [0.1, 0.15) is 43.3 Å². The van der Waals surface area contributed by atoms with Gasteiger partial charge in [-0.3, -0.25) is 0 Å². The number of halogens is 3. The molecule has 1 aliphatic carbocycles. The molecule has 0 aliphatic heterocycles. The smallest absolute Gasteiger partial charge is 0.339 e. The standard InChI is InChI=1S/C10H14F3N3O/c1-14-7-4-2-6(3-5-7)8-15-9(16-17-8)10(11,12)13/h6-7,14H,2-5H2,1H3. The van der Waals surface area contributed by atoms with Crippen LogP contribution >= 0.6 is 0 Å². The normalized spacial score (nSPS) is 26.1. The molecule has 1 heterocycles. The van der Waals surface area contributed by atoms with Crippen LogP contribution in [0.25, 0.3) is 0 Å². The SMILES string of the molecule is CNC1CCC(c2nc(C(F)(F)F)no2)CC1. The highest BCUT2D eigenvalue weighted by molar-refractivity contribution is 4.98. The molecule has 0 radical (unpaired) electrons. The van der Waals surface area contributed by atoms with E-state index in [0.29, 0.717) is 6.04 Å². The summed E-state index contributed by atoms with van der Waals surface area (Å²) >= 11 is 0. The molecule has 0 unspecified atom stereocenters. The highest BCUT2D eigenvalue weighted by Gasteiger charge is 2.38. The molecule has 2 rings (SSSR count). The van der Waals surface area contributed by atoms with Gasteiger partial charge in [0.25, 0.3) is 5.82 Å². The van der Waals surface area contributed by atoms with Crippen LogP contribution < -0.4 is 5.32 Å². The lowest BCUT2D eigenvalue weighted by atomic mass is 9.86. The summed E-state index contributed by atoms with van der Waals surface area (Å²) in [5.74, 6) is -1.10. The maximum absolute atomic E-state index is 12.3. The van der Waals surface area contributed by atoms with Gasteiger partial charge in [-0.1, -0.05) is 5.16 Å². The maximum atomic E-state index is 12.3. The minimum absolute atomic E-state index is 0.0387. The highest BCUT2D eigenvalue weighted by atomic mass is 19.4. The predicted molar refractivity (Wildman–Crippen MR) is 53.4 cm³/mol. The zero-order chi connectivity index (χ0) is 12.5. The summed E-state index contributed by atoms with van der Waals surface area (Å²) in [6.45, 7) is 0. The van der Waals surface area contributed by atoms with Gasteiger partial charge in [0, 0.05) is 12.0 Å². The molecule has 0 spiro atoms. The molecule has 96 valence electrons. The van der Waals surface area contributed by atoms with E-state index in [4.69, 9.17) is 4.52 Å². The van der Waals surface area contributed by atoms with Crippen molar-refractivity contribution < 1.29 is 17.7 Å². The summed E-state index contributed by atoms with van der Waals surface area (Å²) in [5, 5.41) is 6.13. The van der Waals surface area contributed by atoms with Crippen molar-refractivity contribution in [1.82, 2.24) is 15.5 Å². The number of nitrogens with zero attached hydrogens (tertiary/aromatic N) is 2. The fourth-order valence-corrected chi connectivity index (χ4v) is 2.15. The zero-order valence-electron chi connectivity index (χ0n) is 9.42. The molecule has 17 heavy (non-hydrogen) atoms. The summed E-state index contributed by atoms with van der Waals surface area (Å²) in [7, 11) is 1.89. The maximum Gasteiger partial charge on any atom is 0.455 e. The Balaban J connectivity index is 2.02. The zero-order valence-corrected chi connectivity index (χ0v) is 9.42. The van der Waals surface area contributed by atoms with Crippen molar-refractivity contribution in [2.24, 2.45) is 0 Å². The number of alkyl halides is 3. The second kappa shape index (κ2) is 4.64. The molecule has 0 aromatic carbocycles. The third-order valence-corrected chi connectivity index (χ3v) is 3.18. The molecular formula is C10H14F3N3O. The van der Waals surface area contributed by atoms with Gasteiger partial charge < -0.3 is 9.84 Å².